The van der Waals surface area contributed by atoms with Crippen LogP contribution in [0.3, 0.4) is 0 Å². The molecule has 38 heavy (non-hydrogen) atoms. The summed E-state index contributed by atoms with van der Waals surface area (Å²) in [7, 11) is 0. The lowest BCUT2D eigenvalue weighted by Gasteiger charge is -2.14. The summed E-state index contributed by atoms with van der Waals surface area (Å²) < 4.78 is 9.99. The van der Waals surface area contributed by atoms with Gasteiger partial charge in [0.2, 0.25) is 22.1 Å². The maximum atomic E-state index is 12.4. The maximum absolute atomic E-state index is 12.4. The van der Waals surface area contributed by atoms with Crippen molar-refractivity contribution in [2.45, 2.75) is 32.8 Å². The van der Waals surface area contributed by atoms with Crippen LogP contribution in [0.15, 0.2) is 55.4 Å². The van der Waals surface area contributed by atoms with Crippen molar-refractivity contribution in [2.24, 2.45) is 0 Å². The number of nitrogens with zero attached hydrogens (tertiary/aromatic N) is 4. The lowest BCUT2D eigenvalue weighted by Crippen LogP contribution is -2.14. The number of aromatic nitrogens is 4. The number of amides is 2. The number of carbonyl (C=O) groups is 2. The van der Waals surface area contributed by atoms with Crippen molar-refractivity contribution in [3.8, 4) is 11.1 Å². The van der Waals surface area contributed by atoms with Crippen LogP contribution in [-0.4, -0.2) is 54.5 Å². The van der Waals surface area contributed by atoms with Gasteiger partial charge in [-0.1, -0.05) is 59.2 Å². The number of thioether (sulfide) groups is 4. The summed E-state index contributed by atoms with van der Waals surface area (Å²) in [6.45, 7) is 4.04. The van der Waals surface area contributed by atoms with E-state index in [0.29, 0.717) is 0 Å². The largest absolute Gasteiger partial charge is 0.325 e. The molecule has 0 fully saturated rings. The Labute approximate surface area is 246 Å². The summed E-state index contributed by atoms with van der Waals surface area (Å²) in [5.74, 6) is 0.365. The number of benzene rings is 2. The summed E-state index contributed by atoms with van der Waals surface area (Å²) in [6, 6.07) is 11.8. The molecule has 0 unspecified atom stereocenters. The van der Waals surface area contributed by atoms with Gasteiger partial charge in [-0.25, -0.2) is 9.97 Å². The minimum absolute atomic E-state index is 0.0895. The zero-order valence-corrected chi connectivity index (χ0v) is 25.8. The van der Waals surface area contributed by atoms with Gasteiger partial charge in [-0.2, -0.15) is 8.75 Å². The summed E-state index contributed by atoms with van der Waals surface area (Å²) in [5, 5.41) is 7.37. The molecule has 2 N–H and O–H groups in total. The molecule has 2 aromatic heterocycles. The van der Waals surface area contributed by atoms with E-state index in [4.69, 9.17) is 0 Å². The average Bonchev–Trinajstić information content (AvgIpc) is 3.56. The predicted molar refractivity (Wildman–Crippen MR) is 163 cm³/mol. The van der Waals surface area contributed by atoms with E-state index in [2.05, 4.69) is 29.3 Å². The fourth-order valence-corrected chi connectivity index (χ4v) is 7.43. The summed E-state index contributed by atoms with van der Waals surface area (Å²) in [4.78, 5) is 33.5. The monoisotopic (exact) mass is 620 g/mol. The molecule has 0 aliphatic carbocycles. The van der Waals surface area contributed by atoms with E-state index >= 15 is 0 Å². The summed E-state index contributed by atoms with van der Waals surface area (Å²) in [5.41, 5.74) is 5.73. The van der Waals surface area contributed by atoms with Crippen molar-refractivity contribution in [3.63, 3.8) is 0 Å². The van der Waals surface area contributed by atoms with Gasteiger partial charge in [0.1, 0.15) is 0 Å². The van der Waals surface area contributed by atoms with Crippen LogP contribution in [0.1, 0.15) is 11.1 Å². The van der Waals surface area contributed by atoms with Crippen LogP contribution in [-0.2, 0) is 9.59 Å². The number of hydrogen-bond acceptors (Lipinski definition) is 12. The average molecular weight is 621 g/mol. The standard InChI is InChI=1S/C24H24N6O2S6/c1-13-9-15(25-19(31)11-35-23-27-21(33-3)29-37-23)5-7-17(13)18-8-6-16(10-14(18)2)26-20(32)12-36-24-28-22(34-4)30-38-24/h5-10H,11-12H2,1-4H3,(H,25,31)(H,26,32). The van der Waals surface area contributed by atoms with Gasteiger partial charge in [0.05, 0.1) is 11.5 Å². The third-order valence-electron chi connectivity index (χ3n) is 5.11. The Kier molecular flexibility index (Phi) is 10.5. The summed E-state index contributed by atoms with van der Waals surface area (Å²) >= 11 is 8.34. The fraction of sp³-hybridized carbons (Fsp3) is 0.250. The van der Waals surface area contributed by atoms with Crippen molar-refractivity contribution in [1.82, 2.24) is 18.7 Å². The van der Waals surface area contributed by atoms with E-state index in [1.165, 1.54) is 70.1 Å². The Hall–Kier alpha value is -2.10. The minimum Gasteiger partial charge on any atom is -0.325 e. The Morgan fingerprint density at radius 1 is 0.737 bits per heavy atom. The quantitative estimate of drug-likeness (QED) is 0.179. The van der Waals surface area contributed by atoms with E-state index in [9.17, 15) is 9.59 Å². The number of hydrogen-bond donors (Lipinski definition) is 2. The Morgan fingerprint density at radius 3 is 1.50 bits per heavy atom. The van der Waals surface area contributed by atoms with Crippen molar-refractivity contribution in [1.29, 1.82) is 0 Å². The molecule has 0 saturated heterocycles. The molecule has 14 heteroatoms. The number of rotatable bonds is 11. The van der Waals surface area contributed by atoms with Gasteiger partial charge in [-0.15, -0.1) is 0 Å². The molecule has 0 radical (unpaired) electrons. The molecule has 2 heterocycles. The number of carbonyl (C=O) groups excluding carboxylic acids is 2. The Bertz CT molecular complexity index is 1330. The third kappa shape index (κ3) is 7.96. The molecule has 4 rings (SSSR count). The Balaban J connectivity index is 1.33. The Morgan fingerprint density at radius 2 is 1.16 bits per heavy atom. The molecule has 198 valence electrons. The normalized spacial score (nSPS) is 10.9. The maximum Gasteiger partial charge on any atom is 0.234 e. The first-order chi connectivity index (χ1) is 18.3. The highest BCUT2D eigenvalue weighted by atomic mass is 32.2. The van der Waals surface area contributed by atoms with Crippen LogP contribution in [0.4, 0.5) is 11.4 Å². The van der Waals surface area contributed by atoms with Gasteiger partial charge < -0.3 is 10.6 Å². The van der Waals surface area contributed by atoms with E-state index in [-0.39, 0.29) is 23.3 Å². The molecule has 4 aromatic rings. The SMILES string of the molecule is CSc1nsc(SCC(=O)Nc2ccc(-c3ccc(NC(=O)CSc4nc(SC)ns4)cc3C)c(C)c2)n1. The molecule has 0 aliphatic rings. The zero-order chi connectivity index (χ0) is 27.1. The highest BCUT2D eigenvalue weighted by molar-refractivity contribution is 8.02. The molecule has 2 amide bonds. The molecule has 0 bridgehead atoms. The van der Waals surface area contributed by atoms with E-state index in [0.717, 1.165) is 52.6 Å². The summed E-state index contributed by atoms with van der Waals surface area (Å²) in [6.07, 6.45) is 3.85. The van der Waals surface area contributed by atoms with E-state index in [1.807, 2.05) is 62.8 Å². The smallest absolute Gasteiger partial charge is 0.234 e. The number of anilines is 2. The molecule has 0 aliphatic heterocycles. The van der Waals surface area contributed by atoms with Gasteiger partial charge in [0.15, 0.2) is 8.68 Å². The lowest BCUT2D eigenvalue weighted by atomic mass is 9.96. The van der Waals surface area contributed by atoms with E-state index in [1.54, 1.807) is 0 Å². The number of nitrogens with one attached hydrogen (secondary N) is 2. The van der Waals surface area contributed by atoms with Crippen molar-refractivity contribution in [3.05, 3.63) is 47.5 Å². The topological polar surface area (TPSA) is 110 Å². The van der Waals surface area contributed by atoms with Crippen molar-refractivity contribution in [2.75, 3.05) is 34.7 Å². The first-order valence-electron chi connectivity index (χ1n) is 11.2. The lowest BCUT2D eigenvalue weighted by molar-refractivity contribution is -0.114. The molecule has 0 spiro atoms. The molecule has 8 nitrogen and oxygen atoms in total. The zero-order valence-electron chi connectivity index (χ0n) is 20.9. The molecule has 2 aromatic carbocycles. The second-order valence-electron chi connectivity index (χ2n) is 7.83. The third-order valence-corrected chi connectivity index (χ3v) is 10.1. The van der Waals surface area contributed by atoms with Gasteiger partial charge in [-0.3, -0.25) is 9.59 Å². The molecule has 0 atom stereocenters. The van der Waals surface area contributed by atoms with Crippen LogP contribution in [0.5, 0.6) is 0 Å². The van der Waals surface area contributed by atoms with Crippen LogP contribution < -0.4 is 10.6 Å². The van der Waals surface area contributed by atoms with Gasteiger partial charge in [0, 0.05) is 11.4 Å². The van der Waals surface area contributed by atoms with E-state index < -0.39 is 0 Å². The van der Waals surface area contributed by atoms with Crippen LogP contribution in [0.2, 0.25) is 0 Å². The minimum atomic E-state index is -0.0895. The highest BCUT2D eigenvalue weighted by Crippen LogP contribution is 2.31. The van der Waals surface area contributed by atoms with Crippen LogP contribution in [0.25, 0.3) is 11.1 Å². The van der Waals surface area contributed by atoms with Gasteiger partial charge in [0.25, 0.3) is 0 Å². The van der Waals surface area contributed by atoms with Gasteiger partial charge in [-0.05, 0) is 95.9 Å². The fourth-order valence-electron chi connectivity index (χ4n) is 3.41. The van der Waals surface area contributed by atoms with Crippen molar-refractivity contribution >= 4 is 93.3 Å². The first kappa shape index (κ1) is 28.9. The first-order valence-corrected chi connectivity index (χ1v) is 17.1. The van der Waals surface area contributed by atoms with Crippen molar-refractivity contribution < 1.29 is 9.59 Å². The predicted octanol–water partition coefficient (Wildman–Crippen LogP) is 6.58. The number of aryl methyl sites for hydroxylation is 2. The van der Waals surface area contributed by atoms with Crippen LogP contribution in [0, 0.1) is 13.8 Å². The molecular formula is C24H24N6O2S6. The van der Waals surface area contributed by atoms with Gasteiger partial charge >= 0.3 is 0 Å². The second kappa shape index (κ2) is 13.8. The van der Waals surface area contributed by atoms with Crippen LogP contribution >= 0.6 is 70.1 Å². The second-order valence-corrected chi connectivity index (χ2v) is 13.3. The molecule has 0 saturated carbocycles. The molecular weight excluding hydrogens is 597 g/mol. The highest BCUT2D eigenvalue weighted by Gasteiger charge is 2.12.